The Morgan fingerprint density at radius 2 is 2.29 bits per heavy atom. The standard InChI is InChI=1S/C10H15N5O2/c1-6-3-13-8(4-12-6)5-14-10(16)7(2)9(11)15-17/h3-4,7,17H,5H2,1-2H3,(H2,11,15)(H,14,16). The second-order valence-electron chi connectivity index (χ2n) is 3.61. The zero-order chi connectivity index (χ0) is 12.8. The van der Waals surface area contributed by atoms with E-state index in [1.165, 1.54) is 0 Å². The van der Waals surface area contributed by atoms with Crippen LogP contribution in [-0.4, -0.2) is 26.9 Å². The van der Waals surface area contributed by atoms with E-state index in [0.717, 1.165) is 5.69 Å². The van der Waals surface area contributed by atoms with Crippen LogP contribution >= 0.6 is 0 Å². The summed E-state index contributed by atoms with van der Waals surface area (Å²) < 4.78 is 0. The van der Waals surface area contributed by atoms with Crippen LogP contribution in [0.25, 0.3) is 0 Å². The highest BCUT2D eigenvalue weighted by molar-refractivity contribution is 6.01. The first kappa shape index (κ1) is 12.9. The second kappa shape index (κ2) is 5.78. The van der Waals surface area contributed by atoms with Crippen LogP contribution in [0.4, 0.5) is 0 Å². The van der Waals surface area contributed by atoms with Gasteiger partial charge in [-0.05, 0) is 13.8 Å². The molecule has 7 nitrogen and oxygen atoms in total. The Kier molecular flexibility index (Phi) is 4.38. The monoisotopic (exact) mass is 237 g/mol. The third-order valence-electron chi connectivity index (χ3n) is 2.23. The van der Waals surface area contributed by atoms with Crippen molar-refractivity contribution in [2.45, 2.75) is 20.4 Å². The van der Waals surface area contributed by atoms with Crippen molar-refractivity contribution in [1.82, 2.24) is 15.3 Å². The number of rotatable bonds is 4. The van der Waals surface area contributed by atoms with Crippen LogP contribution in [0.3, 0.4) is 0 Å². The minimum Gasteiger partial charge on any atom is -0.409 e. The second-order valence-corrected chi connectivity index (χ2v) is 3.61. The van der Waals surface area contributed by atoms with E-state index >= 15 is 0 Å². The molecule has 0 radical (unpaired) electrons. The van der Waals surface area contributed by atoms with Crippen molar-refractivity contribution in [2.75, 3.05) is 0 Å². The molecule has 0 saturated heterocycles. The molecule has 0 saturated carbocycles. The maximum absolute atomic E-state index is 11.6. The lowest BCUT2D eigenvalue weighted by molar-refractivity contribution is -0.122. The number of hydrogen-bond donors (Lipinski definition) is 3. The van der Waals surface area contributed by atoms with Gasteiger partial charge < -0.3 is 16.3 Å². The number of aromatic nitrogens is 2. The van der Waals surface area contributed by atoms with Gasteiger partial charge in [0.2, 0.25) is 5.91 Å². The summed E-state index contributed by atoms with van der Waals surface area (Å²) in [5.41, 5.74) is 6.78. The number of carbonyl (C=O) groups is 1. The van der Waals surface area contributed by atoms with Gasteiger partial charge in [-0.3, -0.25) is 14.8 Å². The minimum atomic E-state index is -0.682. The van der Waals surface area contributed by atoms with Crippen molar-refractivity contribution in [2.24, 2.45) is 16.8 Å². The summed E-state index contributed by atoms with van der Waals surface area (Å²) in [6, 6.07) is 0. The van der Waals surface area contributed by atoms with E-state index in [0.29, 0.717) is 5.69 Å². The van der Waals surface area contributed by atoms with Crippen LogP contribution in [-0.2, 0) is 11.3 Å². The van der Waals surface area contributed by atoms with Gasteiger partial charge in [0, 0.05) is 6.20 Å². The molecule has 0 fully saturated rings. The summed E-state index contributed by atoms with van der Waals surface area (Å²) in [6.07, 6.45) is 3.21. The van der Waals surface area contributed by atoms with E-state index in [1.54, 1.807) is 19.3 Å². The molecule has 1 amide bonds. The topological polar surface area (TPSA) is 113 Å². The fourth-order valence-corrected chi connectivity index (χ4v) is 1.06. The summed E-state index contributed by atoms with van der Waals surface area (Å²) >= 11 is 0. The van der Waals surface area contributed by atoms with Gasteiger partial charge in [0.25, 0.3) is 0 Å². The average Bonchev–Trinajstić information content (AvgIpc) is 2.35. The molecule has 1 aromatic heterocycles. The van der Waals surface area contributed by atoms with Gasteiger partial charge in [-0.25, -0.2) is 0 Å². The molecule has 92 valence electrons. The van der Waals surface area contributed by atoms with Gasteiger partial charge in [-0.1, -0.05) is 5.16 Å². The molecule has 0 aliphatic rings. The zero-order valence-corrected chi connectivity index (χ0v) is 9.71. The first-order valence-corrected chi connectivity index (χ1v) is 5.07. The first-order valence-electron chi connectivity index (χ1n) is 5.07. The summed E-state index contributed by atoms with van der Waals surface area (Å²) in [6.45, 7) is 3.64. The lowest BCUT2D eigenvalue weighted by Gasteiger charge is -2.10. The summed E-state index contributed by atoms with van der Waals surface area (Å²) in [4.78, 5) is 19.7. The van der Waals surface area contributed by atoms with Gasteiger partial charge >= 0.3 is 0 Å². The van der Waals surface area contributed by atoms with E-state index < -0.39 is 5.92 Å². The number of aryl methyl sites for hydroxylation is 1. The molecule has 7 heteroatoms. The van der Waals surface area contributed by atoms with Gasteiger partial charge in [0.1, 0.15) is 0 Å². The van der Waals surface area contributed by atoms with Crippen molar-refractivity contribution < 1.29 is 10.0 Å². The van der Waals surface area contributed by atoms with Gasteiger partial charge in [-0.15, -0.1) is 0 Å². The Hall–Kier alpha value is -2.18. The van der Waals surface area contributed by atoms with E-state index in [2.05, 4.69) is 20.4 Å². The predicted octanol–water partition coefficient (Wildman–Crippen LogP) is -0.216. The van der Waals surface area contributed by atoms with Crippen LogP contribution in [0.1, 0.15) is 18.3 Å². The Labute approximate surface area is 98.8 Å². The molecule has 0 aliphatic carbocycles. The van der Waals surface area contributed by atoms with Crippen LogP contribution in [0.15, 0.2) is 17.5 Å². The first-order chi connectivity index (χ1) is 8.04. The van der Waals surface area contributed by atoms with Gasteiger partial charge in [0.15, 0.2) is 5.84 Å². The molecule has 1 rings (SSSR count). The molecule has 1 heterocycles. The molecule has 0 spiro atoms. The molecule has 4 N–H and O–H groups in total. The number of nitrogens with two attached hydrogens (primary N) is 1. The van der Waals surface area contributed by atoms with Crippen LogP contribution < -0.4 is 11.1 Å². The van der Waals surface area contributed by atoms with Gasteiger partial charge in [-0.2, -0.15) is 0 Å². The number of amidine groups is 1. The van der Waals surface area contributed by atoms with Crippen molar-refractivity contribution >= 4 is 11.7 Å². The van der Waals surface area contributed by atoms with Crippen LogP contribution in [0.2, 0.25) is 0 Å². The Morgan fingerprint density at radius 3 is 2.82 bits per heavy atom. The third-order valence-corrected chi connectivity index (χ3v) is 2.23. The predicted molar refractivity (Wildman–Crippen MR) is 61.2 cm³/mol. The summed E-state index contributed by atoms with van der Waals surface area (Å²) in [5, 5.41) is 13.8. The third kappa shape index (κ3) is 3.71. The van der Waals surface area contributed by atoms with Crippen LogP contribution in [0.5, 0.6) is 0 Å². The van der Waals surface area contributed by atoms with Crippen molar-refractivity contribution in [1.29, 1.82) is 0 Å². The van der Waals surface area contributed by atoms with Crippen LogP contribution in [0, 0.1) is 12.8 Å². The molecule has 0 aliphatic heterocycles. The molecule has 17 heavy (non-hydrogen) atoms. The minimum absolute atomic E-state index is 0.127. The number of nitrogens with one attached hydrogen (secondary N) is 1. The molecule has 1 aromatic rings. The van der Waals surface area contributed by atoms with E-state index in [-0.39, 0.29) is 18.3 Å². The Balaban J connectivity index is 2.51. The van der Waals surface area contributed by atoms with Crippen molar-refractivity contribution in [3.63, 3.8) is 0 Å². The maximum atomic E-state index is 11.6. The normalized spacial score (nSPS) is 13.2. The smallest absolute Gasteiger partial charge is 0.230 e. The highest BCUT2D eigenvalue weighted by atomic mass is 16.4. The maximum Gasteiger partial charge on any atom is 0.230 e. The number of nitrogens with zero attached hydrogens (tertiary/aromatic N) is 3. The largest absolute Gasteiger partial charge is 0.409 e. The highest BCUT2D eigenvalue weighted by Crippen LogP contribution is 1.97. The SMILES string of the molecule is Cc1cnc(CNC(=O)C(C)/C(N)=N/O)cn1. The quantitative estimate of drug-likeness (QED) is 0.290. The molecule has 1 unspecified atom stereocenters. The number of hydrogen-bond acceptors (Lipinski definition) is 5. The molecule has 0 bridgehead atoms. The molecular weight excluding hydrogens is 222 g/mol. The van der Waals surface area contributed by atoms with Crippen molar-refractivity contribution in [3.05, 3.63) is 23.8 Å². The molecule has 0 aromatic carbocycles. The fourth-order valence-electron chi connectivity index (χ4n) is 1.06. The summed E-state index contributed by atoms with van der Waals surface area (Å²) in [5.74, 6) is -1.14. The van der Waals surface area contributed by atoms with Gasteiger partial charge in [0.05, 0.1) is 30.0 Å². The lowest BCUT2D eigenvalue weighted by atomic mass is 10.1. The zero-order valence-electron chi connectivity index (χ0n) is 9.71. The van der Waals surface area contributed by atoms with E-state index in [9.17, 15) is 4.79 Å². The van der Waals surface area contributed by atoms with E-state index in [4.69, 9.17) is 10.9 Å². The Bertz CT molecular complexity index is 415. The highest BCUT2D eigenvalue weighted by Gasteiger charge is 2.17. The Morgan fingerprint density at radius 1 is 1.59 bits per heavy atom. The average molecular weight is 237 g/mol. The summed E-state index contributed by atoms with van der Waals surface area (Å²) in [7, 11) is 0. The molecular formula is C10H15N5O2. The number of carbonyl (C=O) groups excluding carboxylic acids is 1. The lowest BCUT2D eigenvalue weighted by Crippen LogP contribution is -2.37. The van der Waals surface area contributed by atoms with Crippen molar-refractivity contribution in [3.8, 4) is 0 Å². The number of amides is 1. The number of oxime groups is 1. The van der Waals surface area contributed by atoms with E-state index in [1.807, 2.05) is 6.92 Å². The molecule has 1 atom stereocenters. The fraction of sp³-hybridized carbons (Fsp3) is 0.400.